The van der Waals surface area contributed by atoms with Gasteiger partial charge in [0.2, 0.25) is 0 Å². The minimum atomic E-state index is -0.487. The molecule has 0 aliphatic heterocycles. The smallest absolute Gasteiger partial charge is 0.343 e. The van der Waals surface area contributed by atoms with Gasteiger partial charge in [-0.05, 0) is 54.1 Å². The Hall–Kier alpha value is -3.66. The van der Waals surface area contributed by atoms with Crippen LogP contribution in [0.1, 0.15) is 26.3 Å². The quantitative estimate of drug-likeness (QED) is 0.384. The van der Waals surface area contributed by atoms with E-state index in [9.17, 15) is 9.59 Å². The molecule has 0 aromatic heterocycles. The number of anilines is 2. The number of nitrogens with one attached hydrogen (secondary N) is 1. The molecule has 0 saturated heterocycles. The minimum Gasteiger partial charge on any atom is -0.423 e. The van der Waals surface area contributed by atoms with Crippen LogP contribution in [0.3, 0.4) is 0 Å². The maximum absolute atomic E-state index is 12.3. The largest absolute Gasteiger partial charge is 0.423 e. The maximum Gasteiger partial charge on any atom is 0.343 e. The summed E-state index contributed by atoms with van der Waals surface area (Å²) in [4.78, 5) is 23.4. The number of carbonyl (C=O) groups excluding carboxylic acids is 2. The molecule has 128 valence electrons. The van der Waals surface area contributed by atoms with E-state index in [2.05, 4.69) is 11.9 Å². The zero-order valence-electron chi connectivity index (χ0n) is 14.0. The number of hydrogen-bond acceptors (Lipinski definition) is 4. The number of para-hydroxylation sites is 1. The molecule has 0 aliphatic carbocycles. The normalized spacial score (nSPS) is 10.0. The van der Waals surface area contributed by atoms with Gasteiger partial charge in [-0.25, -0.2) is 4.79 Å². The van der Waals surface area contributed by atoms with Crippen molar-refractivity contribution in [2.24, 2.45) is 0 Å². The predicted octanol–water partition coefficient (Wildman–Crippen LogP) is 5.10. The first kappa shape index (κ1) is 17.2. The van der Waals surface area contributed by atoms with Crippen molar-refractivity contribution in [2.45, 2.75) is 0 Å². The Labute approximate surface area is 151 Å². The van der Waals surface area contributed by atoms with Gasteiger partial charge in [-0.2, -0.15) is 0 Å². The van der Waals surface area contributed by atoms with Crippen LogP contribution in [0.15, 0.2) is 79.4 Å². The Bertz CT molecular complexity index is 931. The van der Waals surface area contributed by atoms with E-state index in [-0.39, 0.29) is 0 Å². The average Bonchev–Trinajstić information content (AvgIpc) is 2.69. The highest BCUT2D eigenvalue weighted by Gasteiger charge is 2.10. The number of ether oxygens (including phenoxy) is 1. The Balaban J connectivity index is 1.70. The molecule has 0 aliphatic rings. The van der Waals surface area contributed by atoms with E-state index in [1.54, 1.807) is 42.5 Å². The Morgan fingerprint density at radius 2 is 1.58 bits per heavy atom. The van der Waals surface area contributed by atoms with Gasteiger partial charge < -0.3 is 10.1 Å². The summed E-state index contributed by atoms with van der Waals surface area (Å²) in [6, 6.07) is 21.6. The van der Waals surface area contributed by atoms with Gasteiger partial charge in [-0.3, -0.25) is 4.79 Å². The first-order valence-corrected chi connectivity index (χ1v) is 8.05. The Morgan fingerprint density at radius 3 is 2.23 bits per heavy atom. The van der Waals surface area contributed by atoms with Gasteiger partial charge in [-0.1, -0.05) is 36.9 Å². The van der Waals surface area contributed by atoms with Crippen LogP contribution in [0.25, 0.3) is 6.08 Å². The van der Waals surface area contributed by atoms with Crippen LogP contribution in [0, 0.1) is 0 Å². The van der Waals surface area contributed by atoms with Crippen LogP contribution >= 0.6 is 0 Å². The molecule has 0 atom stereocenters. The summed E-state index contributed by atoms with van der Waals surface area (Å²) in [5.74, 6) is -0.173. The third-order valence-electron chi connectivity index (χ3n) is 3.80. The number of carbonyl (C=O) groups is 2. The summed E-state index contributed by atoms with van der Waals surface area (Å²) < 4.78 is 5.35. The summed E-state index contributed by atoms with van der Waals surface area (Å²) in [5, 5.41) is 3.25. The number of benzene rings is 3. The van der Waals surface area contributed by atoms with Crippen LogP contribution in [0.4, 0.5) is 11.4 Å². The first-order valence-electron chi connectivity index (χ1n) is 8.05. The fourth-order valence-corrected chi connectivity index (χ4v) is 2.45. The van der Waals surface area contributed by atoms with Crippen LogP contribution < -0.4 is 10.1 Å². The second-order valence-electron chi connectivity index (χ2n) is 5.57. The minimum absolute atomic E-state index is 0.314. The summed E-state index contributed by atoms with van der Waals surface area (Å²) in [6.07, 6.45) is 2.28. The van der Waals surface area contributed by atoms with Gasteiger partial charge in [0.25, 0.3) is 0 Å². The molecule has 3 aromatic rings. The van der Waals surface area contributed by atoms with Crippen LogP contribution in [0.2, 0.25) is 0 Å². The number of hydrogen-bond donors (Lipinski definition) is 1. The molecule has 3 rings (SSSR count). The maximum atomic E-state index is 12.3. The second-order valence-corrected chi connectivity index (χ2v) is 5.57. The van der Waals surface area contributed by atoms with E-state index < -0.39 is 5.97 Å². The topological polar surface area (TPSA) is 55.4 Å². The van der Waals surface area contributed by atoms with Crippen molar-refractivity contribution in [3.63, 3.8) is 0 Å². The highest BCUT2D eigenvalue weighted by atomic mass is 16.5. The molecule has 0 spiro atoms. The zero-order chi connectivity index (χ0) is 18.4. The van der Waals surface area contributed by atoms with Crippen molar-refractivity contribution in [1.82, 2.24) is 0 Å². The molecule has 0 amide bonds. The molecule has 0 fully saturated rings. The molecule has 26 heavy (non-hydrogen) atoms. The highest BCUT2D eigenvalue weighted by molar-refractivity contribution is 5.92. The van der Waals surface area contributed by atoms with Gasteiger partial charge in [0, 0.05) is 16.9 Å². The highest BCUT2D eigenvalue weighted by Crippen LogP contribution is 2.20. The van der Waals surface area contributed by atoms with Gasteiger partial charge in [0.1, 0.15) is 5.75 Å². The summed E-state index contributed by atoms with van der Waals surface area (Å²) in [6.45, 7) is 3.64. The molecule has 0 unspecified atom stereocenters. The lowest BCUT2D eigenvalue weighted by Crippen LogP contribution is -2.08. The number of aldehydes is 1. The molecule has 0 radical (unpaired) electrons. The zero-order valence-corrected chi connectivity index (χ0v) is 14.0. The fourth-order valence-electron chi connectivity index (χ4n) is 2.45. The van der Waals surface area contributed by atoms with Crippen molar-refractivity contribution in [2.75, 3.05) is 5.32 Å². The lowest BCUT2D eigenvalue weighted by molar-refractivity contribution is 0.0734. The third kappa shape index (κ3) is 4.05. The van der Waals surface area contributed by atoms with Gasteiger partial charge in [0.15, 0.2) is 6.29 Å². The van der Waals surface area contributed by atoms with E-state index in [0.29, 0.717) is 28.7 Å². The van der Waals surface area contributed by atoms with Crippen LogP contribution in [0.5, 0.6) is 5.75 Å². The summed E-state index contributed by atoms with van der Waals surface area (Å²) in [7, 11) is 0. The molecule has 1 N–H and O–H groups in total. The number of rotatable bonds is 6. The van der Waals surface area contributed by atoms with Crippen molar-refractivity contribution in [3.05, 3.63) is 96.1 Å². The monoisotopic (exact) mass is 343 g/mol. The average molecular weight is 343 g/mol. The van der Waals surface area contributed by atoms with E-state index in [0.717, 1.165) is 11.4 Å². The fraction of sp³-hybridized carbons (Fsp3) is 0. The van der Waals surface area contributed by atoms with Gasteiger partial charge in [-0.15, -0.1) is 0 Å². The molecular weight excluding hydrogens is 326 g/mol. The SMILES string of the molecule is C=Cc1ccc(OC(=O)c2ccc(Nc3ccccc3)cc2)cc1C=O. The van der Waals surface area contributed by atoms with Crippen molar-refractivity contribution >= 4 is 29.7 Å². The lowest BCUT2D eigenvalue weighted by atomic mass is 10.1. The summed E-state index contributed by atoms with van der Waals surface area (Å²) in [5.41, 5.74) is 3.37. The van der Waals surface area contributed by atoms with Crippen molar-refractivity contribution in [3.8, 4) is 5.75 Å². The second kappa shape index (κ2) is 7.94. The van der Waals surface area contributed by atoms with E-state index in [1.807, 2.05) is 30.3 Å². The van der Waals surface area contributed by atoms with Gasteiger partial charge in [0.05, 0.1) is 5.56 Å². The summed E-state index contributed by atoms with van der Waals surface area (Å²) >= 11 is 0. The van der Waals surface area contributed by atoms with E-state index in [4.69, 9.17) is 4.74 Å². The number of esters is 1. The van der Waals surface area contributed by atoms with E-state index in [1.165, 1.54) is 6.07 Å². The third-order valence-corrected chi connectivity index (χ3v) is 3.80. The molecule has 0 bridgehead atoms. The Kier molecular flexibility index (Phi) is 5.25. The molecule has 4 nitrogen and oxygen atoms in total. The van der Waals surface area contributed by atoms with Crippen LogP contribution in [-0.4, -0.2) is 12.3 Å². The molecule has 0 saturated carbocycles. The first-order chi connectivity index (χ1) is 12.7. The standard InChI is InChI=1S/C22H17NO3/c1-2-16-10-13-21(14-18(16)15-24)26-22(25)17-8-11-20(12-9-17)23-19-6-4-3-5-7-19/h2-15,23H,1H2. The molecule has 0 heterocycles. The van der Waals surface area contributed by atoms with Gasteiger partial charge >= 0.3 is 5.97 Å². The van der Waals surface area contributed by atoms with Crippen molar-refractivity contribution < 1.29 is 14.3 Å². The van der Waals surface area contributed by atoms with E-state index >= 15 is 0 Å². The van der Waals surface area contributed by atoms with Crippen molar-refractivity contribution in [1.29, 1.82) is 0 Å². The lowest BCUT2D eigenvalue weighted by Gasteiger charge is -2.08. The molecule has 4 heteroatoms. The van der Waals surface area contributed by atoms with Crippen LogP contribution in [-0.2, 0) is 0 Å². The molecule has 3 aromatic carbocycles. The predicted molar refractivity (Wildman–Crippen MR) is 103 cm³/mol. The molecular formula is C22H17NO3. The Morgan fingerprint density at radius 1 is 0.885 bits per heavy atom.